The van der Waals surface area contributed by atoms with Gasteiger partial charge in [0.05, 0.1) is 64.7 Å². The number of aliphatic carboxylic acids is 8. The van der Waals surface area contributed by atoms with Gasteiger partial charge < -0.3 is 51.4 Å². The van der Waals surface area contributed by atoms with Crippen LogP contribution in [0.2, 0.25) is 0 Å². The molecule has 1 aliphatic rings. The normalized spacial score (nSPS) is 14.5. The molecule has 1 radical (unpaired) electrons. The fourth-order valence-corrected chi connectivity index (χ4v) is 5.26. The quantitative estimate of drug-likeness (QED) is 0.0323. The monoisotopic (exact) mass is 1130 g/mol. The van der Waals surface area contributed by atoms with Crippen LogP contribution in [-0.2, 0) is 43.8 Å². The average molecular weight is 1130 g/mol. The van der Waals surface area contributed by atoms with Gasteiger partial charge in [0.15, 0.2) is 0 Å². The first kappa shape index (κ1) is 62.3. The Morgan fingerprint density at radius 2 is 0.569 bits per heavy atom. The van der Waals surface area contributed by atoms with E-state index >= 15 is 0 Å². The molecule has 1 heterocycles. The summed E-state index contributed by atoms with van der Waals surface area (Å²) in [5.41, 5.74) is 0. The molecule has 0 aromatic carbocycles. The largest absolute Gasteiger partial charge is 3.00 e. The van der Waals surface area contributed by atoms with E-state index in [4.69, 9.17) is 40.9 Å². The third kappa shape index (κ3) is 36.7. The van der Waals surface area contributed by atoms with Crippen molar-refractivity contribution in [2.24, 2.45) is 0 Å². The number of hydrogen-bond donors (Lipinski definition) is 9. The summed E-state index contributed by atoms with van der Waals surface area (Å²) < 4.78 is 0. The van der Waals surface area contributed by atoms with E-state index in [9.17, 15) is 43.5 Å². The second kappa shape index (κ2) is 35.4. The standard InChI is InChI=1S/C17H30N4O7.C14H23N3O10.2Gd.H2O/c1-14(22)10-18-2-4-19(11-15(23)24)6-8-21(13-17(27)28)9-7-20(5-3-18)12-16(25)26;18-10(19)5-15(1-3-16(6-11(20)21)7-12(22)23)2-4-17(8-13(24)25)9-14(26)27;;;/h22H,1-13H2,(H,23,24)(H,25,26)(H,27,28);1-9H2,(H,18,19)(H,20,21)(H,22,23)(H,24,25)(H,26,27);;;1H2/q;;;+3;/p+1. The van der Waals surface area contributed by atoms with Crippen molar-refractivity contribution in [2.75, 3.05) is 137 Å². The van der Waals surface area contributed by atoms with Crippen LogP contribution in [0.3, 0.4) is 0 Å². The molecule has 12 N–H and O–H groups in total. The summed E-state index contributed by atoms with van der Waals surface area (Å²) in [7, 11) is 0. The first-order chi connectivity index (χ1) is 25.6. The van der Waals surface area contributed by atoms with Crippen LogP contribution in [0.1, 0.15) is 0 Å². The van der Waals surface area contributed by atoms with E-state index in [0.717, 1.165) is 9.80 Å². The Labute approximate surface area is 398 Å². The molecule has 1 saturated heterocycles. The van der Waals surface area contributed by atoms with Gasteiger partial charge in [0.25, 0.3) is 0 Å². The maximum Gasteiger partial charge on any atom is 3.00 e. The molecule has 335 valence electrons. The van der Waals surface area contributed by atoms with Crippen LogP contribution < -0.4 is 0 Å². The summed E-state index contributed by atoms with van der Waals surface area (Å²) in [4.78, 5) is 98.0. The molecule has 0 bridgehead atoms. The summed E-state index contributed by atoms with van der Waals surface area (Å²) in [5.74, 6) is -9.11. The Morgan fingerprint density at radius 3 is 0.759 bits per heavy atom. The van der Waals surface area contributed by atoms with Crippen molar-refractivity contribution >= 4 is 47.8 Å². The first-order valence-electron chi connectivity index (χ1n) is 16.8. The first-order valence-corrected chi connectivity index (χ1v) is 16.8. The molecular weight excluding hydrogens is 1070 g/mol. The van der Waals surface area contributed by atoms with E-state index in [2.05, 4.69) is 6.58 Å². The number of nitrogens with zero attached hydrogens (tertiary/aromatic N) is 7. The van der Waals surface area contributed by atoms with Crippen molar-refractivity contribution < 1.29 is 170 Å². The molecule has 0 amide bonds. The number of aliphatic hydroxyl groups is 1. The van der Waals surface area contributed by atoms with Crippen LogP contribution in [0.15, 0.2) is 12.3 Å². The number of carboxylic acid groups (broad SMARTS) is 8. The van der Waals surface area contributed by atoms with Gasteiger partial charge in [-0.25, -0.2) is 0 Å². The van der Waals surface area contributed by atoms with Crippen molar-refractivity contribution in [3.8, 4) is 0 Å². The van der Waals surface area contributed by atoms with Crippen molar-refractivity contribution in [3.05, 3.63) is 12.3 Å². The van der Waals surface area contributed by atoms with Crippen LogP contribution in [0.4, 0.5) is 0 Å². The topological polar surface area (TPSA) is 374 Å². The molecule has 27 heteroatoms. The predicted molar refractivity (Wildman–Crippen MR) is 193 cm³/mol. The molecule has 0 unspecified atom stereocenters. The number of rotatable bonds is 24. The number of aliphatic hydroxyl groups excluding tert-OH is 1. The van der Waals surface area contributed by atoms with Gasteiger partial charge in [-0.3, -0.25) is 72.7 Å². The van der Waals surface area contributed by atoms with Gasteiger partial charge in [-0.15, -0.1) is 0 Å². The van der Waals surface area contributed by atoms with Crippen molar-refractivity contribution in [3.63, 3.8) is 0 Å². The van der Waals surface area contributed by atoms with E-state index in [-0.39, 0.29) is 143 Å². The van der Waals surface area contributed by atoms with E-state index < -0.39 is 80.5 Å². The van der Waals surface area contributed by atoms with E-state index in [1.54, 1.807) is 14.7 Å². The average Bonchev–Trinajstić information content (AvgIpc) is 3.01. The smallest absolute Gasteiger partial charge is 0.512 e. The van der Waals surface area contributed by atoms with Crippen LogP contribution in [0.25, 0.3) is 0 Å². The summed E-state index contributed by atoms with van der Waals surface area (Å²) in [6.07, 6.45) is 0. The zero-order chi connectivity index (χ0) is 42.1. The summed E-state index contributed by atoms with van der Waals surface area (Å²) in [6, 6.07) is 0. The molecule has 0 saturated carbocycles. The molecule has 0 spiro atoms. The number of hydrogen-bond acceptors (Lipinski definition) is 16. The Balaban J connectivity index is -0.000000478. The zero-order valence-electron chi connectivity index (χ0n) is 31.8. The van der Waals surface area contributed by atoms with Crippen molar-refractivity contribution in [1.29, 1.82) is 0 Å². The van der Waals surface area contributed by atoms with E-state index in [1.807, 2.05) is 4.90 Å². The fourth-order valence-electron chi connectivity index (χ4n) is 5.26. The molecule has 0 aromatic rings. The second-order valence-corrected chi connectivity index (χ2v) is 12.5. The summed E-state index contributed by atoms with van der Waals surface area (Å²) in [5, 5.41) is 81.0. The fraction of sp³-hybridized carbons (Fsp3) is 0.677. The SMILES string of the molecule is C=C(O)CN1CCN(CC(=O)O)CCN(CC(=O)O)CCN(CC(=O)O)CC1.O=C(O)CN(CCN(CC(=O)O)CC(=O)O)CCN(CC(=O)O)CC(=O)O.[Gd+3].[Gd].[OH3+]. The van der Waals surface area contributed by atoms with E-state index in [0.29, 0.717) is 52.4 Å². The Bertz CT molecular complexity index is 1130. The minimum atomic E-state index is -1.24. The van der Waals surface area contributed by atoms with Gasteiger partial charge >= 0.3 is 87.7 Å². The van der Waals surface area contributed by atoms with E-state index in [1.165, 1.54) is 4.90 Å². The van der Waals surface area contributed by atoms with Crippen LogP contribution in [0, 0.1) is 79.9 Å². The third-order valence-electron chi connectivity index (χ3n) is 7.67. The molecule has 0 aliphatic carbocycles. The number of carbonyl (C=O) groups is 8. The minimum Gasteiger partial charge on any atom is -0.512 e. The van der Waals surface area contributed by atoms with Crippen LogP contribution >= 0.6 is 0 Å². The minimum absolute atomic E-state index is 0. The zero-order valence-corrected chi connectivity index (χ0v) is 36.3. The van der Waals surface area contributed by atoms with Gasteiger partial charge in [0, 0.05) is 118 Å². The summed E-state index contributed by atoms with van der Waals surface area (Å²) in [6.45, 7) is 3.64. The molecule has 25 nitrogen and oxygen atoms in total. The van der Waals surface area contributed by atoms with Crippen LogP contribution in [0.5, 0.6) is 0 Å². The molecule has 0 atom stereocenters. The molecule has 1 aliphatic heterocycles. The van der Waals surface area contributed by atoms with Crippen molar-refractivity contribution in [1.82, 2.24) is 34.3 Å². The third-order valence-corrected chi connectivity index (χ3v) is 7.67. The van der Waals surface area contributed by atoms with Crippen molar-refractivity contribution in [2.45, 2.75) is 0 Å². The second-order valence-electron chi connectivity index (χ2n) is 12.5. The maximum absolute atomic E-state index is 11.1. The summed E-state index contributed by atoms with van der Waals surface area (Å²) >= 11 is 0. The Kier molecular flexibility index (Phi) is 38.0. The van der Waals surface area contributed by atoms with Gasteiger partial charge in [-0.1, -0.05) is 6.58 Å². The molecular formula is C31H56Gd2N7O18+4. The Morgan fingerprint density at radius 1 is 0.379 bits per heavy atom. The molecule has 58 heavy (non-hydrogen) atoms. The maximum atomic E-state index is 11.1. The van der Waals surface area contributed by atoms with Gasteiger partial charge in [0.2, 0.25) is 0 Å². The molecule has 1 rings (SSSR count). The number of carboxylic acids is 8. The van der Waals surface area contributed by atoms with Gasteiger partial charge in [-0.2, -0.15) is 0 Å². The predicted octanol–water partition coefficient (Wildman–Crippen LogP) is -5.07. The van der Waals surface area contributed by atoms with Gasteiger partial charge in [0.1, 0.15) is 0 Å². The van der Waals surface area contributed by atoms with Gasteiger partial charge in [-0.05, 0) is 0 Å². The Hall–Kier alpha value is -2.37. The van der Waals surface area contributed by atoms with Crippen LogP contribution in [-0.4, -0.2) is 265 Å². The molecule has 1 fully saturated rings. The molecule has 0 aromatic heterocycles.